The molecule has 31 heavy (non-hydrogen) atoms. The van der Waals surface area contributed by atoms with Crippen LogP contribution >= 0.6 is 0 Å². The van der Waals surface area contributed by atoms with Crippen molar-refractivity contribution in [3.63, 3.8) is 0 Å². The van der Waals surface area contributed by atoms with E-state index in [2.05, 4.69) is 10.6 Å². The van der Waals surface area contributed by atoms with Crippen LogP contribution < -0.4 is 22.1 Å². The lowest BCUT2D eigenvalue weighted by Gasteiger charge is -2.29. The van der Waals surface area contributed by atoms with Crippen LogP contribution in [0.5, 0.6) is 0 Å². The fourth-order valence-electron chi connectivity index (χ4n) is 3.27. The number of hydrogen-bond donors (Lipinski definition) is 7. The van der Waals surface area contributed by atoms with Crippen LogP contribution in [-0.4, -0.2) is 93.7 Å². The molecular formula is C18H31N5O8. The summed E-state index contributed by atoms with van der Waals surface area (Å²) in [6.45, 7) is -0.211. The van der Waals surface area contributed by atoms with Crippen molar-refractivity contribution in [2.45, 2.75) is 62.7 Å². The van der Waals surface area contributed by atoms with Crippen molar-refractivity contribution in [2.24, 2.45) is 11.5 Å². The molecule has 1 rings (SSSR count). The number of aliphatic hydroxyl groups excluding tert-OH is 1. The minimum Gasteiger partial charge on any atom is -0.481 e. The number of amides is 3. The van der Waals surface area contributed by atoms with Gasteiger partial charge in [0.1, 0.15) is 18.1 Å². The first kappa shape index (κ1) is 26.3. The lowest BCUT2D eigenvalue weighted by Crippen LogP contribution is -2.57. The number of nitrogens with two attached hydrogens (primary N) is 2. The van der Waals surface area contributed by atoms with E-state index >= 15 is 0 Å². The summed E-state index contributed by atoms with van der Waals surface area (Å²) in [6.07, 6.45) is 1.41. The second-order valence-electron chi connectivity index (χ2n) is 7.32. The molecule has 0 saturated carbocycles. The monoisotopic (exact) mass is 445 g/mol. The highest BCUT2D eigenvalue weighted by molar-refractivity contribution is 5.95. The van der Waals surface area contributed by atoms with Crippen LogP contribution in [0.25, 0.3) is 0 Å². The molecule has 0 aromatic rings. The van der Waals surface area contributed by atoms with Crippen LogP contribution in [0.1, 0.15) is 38.5 Å². The molecule has 4 atom stereocenters. The van der Waals surface area contributed by atoms with E-state index in [-0.39, 0.29) is 19.4 Å². The predicted molar refractivity (Wildman–Crippen MR) is 106 cm³/mol. The van der Waals surface area contributed by atoms with Gasteiger partial charge < -0.3 is 42.3 Å². The first-order valence-electron chi connectivity index (χ1n) is 10.0. The molecule has 1 heterocycles. The summed E-state index contributed by atoms with van der Waals surface area (Å²) < 4.78 is 0. The van der Waals surface area contributed by atoms with Crippen molar-refractivity contribution in [1.29, 1.82) is 0 Å². The summed E-state index contributed by atoms with van der Waals surface area (Å²) >= 11 is 0. The molecule has 1 saturated heterocycles. The molecule has 1 aliphatic heterocycles. The first-order chi connectivity index (χ1) is 14.6. The number of aliphatic hydroxyl groups is 1. The topological polar surface area (TPSA) is 225 Å². The van der Waals surface area contributed by atoms with Gasteiger partial charge >= 0.3 is 11.9 Å². The van der Waals surface area contributed by atoms with E-state index in [1.807, 2.05) is 0 Å². The van der Waals surface area contributed by atoms with Gasteiger partial charge in [-0.3, -0.25) is 19.2 Å². The van der Waals surface area contributed by atoms with Crippen molar-refractivity contribution in [3.8, 4) is 0 Å². The highest BCUT2D eigenvalue weighted by Gasteiger charge is 2.39. The van der Waals surface area contributed by atoms with E-state index in [1.165, 1.54) is 0 Å². The Balaban J connectivity index is 2.79. The van der Waals surface area contributed by atoms with E-state index in [1.54, 1.807) is 0 Å². The molecule has 13 nitrogen and oxygen atoms in total. The lowest BCUT2D eigenvalue weighted by molar-refractivity contribution is -0.145. The highest BCUT2D eigenvalue weighted by atomic mass is 16.4. The molecule has 0 aromatic carbocycles. The van der Waals surface area contributed by atoms with Gasteiger partial charge in [-0.15, -0.1) is 0 Å². The molecule has 0 aliphatic carbocycles. The highest BCUT2D eigenvalue weighted by Crippen LogP contribution is 2.19. The van der Waals surface area contributed by atoms with Gasteiger partial charge in [0.15, 0.2) is 0 Å². The van der Waals surface area contributed by atoms with E-state index in [4.69, 9.17) is 16.6 Å². The van der Waals surface area contributed by atoms with E-state index in [0.29, 0.717) is 25.8 Å². The number of nitrogens with zero attached hydrogens (tertiary/aromatic N) is 1. The summed E-state index contributed by atoms with van der Waals surface area (Å²) in [5.74, 6) is -4.82. The van der Waals surface area contributed by atoms with Crippen LogP contribution in [0.3, 0.4) is 0 Å². The number of rotatable bonds is 13. The summed E-state index contributed by atoms with van der Waals surface area (Å²) in [5, 5.41) is 32.2. The number of carboxylic acids is 2. The van der Waals surface area contributed by atoms with Crippen molar-refractivity contribution in [1.82, 2.24) is 15.5 Å². The average molecular weight is 445 g/mol. The lowest BCUT2D eigenvalue weighted by atomic mass is 10.1. The summed E-state index contributed by atoms with van der Waals surface area (Å²) in [5.41, 5.74) is 10.9. The summed E-state index contributed by atoms with van der Waals surface area (Å²) in [6, 6.07) is -4.91. The van der Waals surface area contributed by atoms with Gasteiger partial charge in [-0.2, -0.15) is 0 Å². The SMILES string of the molecule is NCCCCC(NC(=O)C1CCCN1C(=O)C(CO)NC(=O)C(N)CC(=O)O)C(=O)O. The van der Waals surface area contributed by atoms with Crippen LogP contribution in [0.2, 0.25) is 0 Å². The minimum absolute atomic E-state index is 0.176. The molecule has 3 amide bonds. The average Bonchev–Trinajstić information content (AvgIpc) is 3.19. The van der Waals surface area contributed by atoms with E-state index < -0.39 is 66.9 Å². The van der Waals surface area contributed by atoms with Crippen LogP contribution in [-0.2, 0) is 24.0 Å². The number of carboxylic acid groups (broad SMARTS) is 2. The fraction of sp³-hybridized carbons (Fsp3) is 0.722. The third-order valence-corrected chi connectivity index (χ3v) is 4.93. The Morgan fingerprint density at radius 2 is 1.74 bits per heavy atom. The van der Waals surface area contributed by atoms with Gasteiger partial charge in [0.2, 0.25) is 17.7 Å². The third kappa shape index (κ3) is 8.11. The summed E-state index contributed by atoms with van der Waals surface area (Å²) in [7, 11) is 0. The molecule has 13 heteroatoms. The van der Waals surface area contributed by atoms with Crippen molar-refractivity contribution in [3.05, 3.63) is 0 Å². The van der Waals surface area contributed by atoms with Crippen molar-refractivity contribution < 1.29 is 39.3 Å². The molecule has 176 valence electrons. The Labute approximate surface area is 179 Å². The Morgan fingerprint density at radius 3 is 2.29 bits per heavy atom. The van der Waals surface area contributed by atoms with E-state index in [9.17, 15) is 34.2 Å². The van der Waals surface area contributed by atoms with E-state index in [0.717, 1.165) is 4.90 Å². The Hall–Kier alpha value is -2.77. The maximum Gasteiger partial charge on any atom is 0.326 e. The van der Waals surface area contributed by atoms with Gasteiger partial charge in [-0.1, -0.05) is 0 Å². The van der Waals surface area contributed by atoms with Crippen molar-refractivity contribution >= 4 is 29.7 Å². The van der Waals surface area contributed by atoms with Gasteiger partial charge in [0, 0.05) is 6.54 Å². The number of hydrogen-bond acceptors (Lipinski definition) is 8. The Kier molecular flexibility index (Phi) is 10.9. The van der Waals surface area contributed by atoms with Gasteiger partial charge in [0.25, 0.3) is 0 Å². The smallest absolute Gasteiger partial charge is 0.326 e. The van der Waals surface area contributed by atoms with Crippen LogP contribution in [0.4, 0.5) is 0 Å². The standard InChI is InChI=1S/C18H31N5O8/c19-6-2-1-4-11(18(30)31)21-16(28)13-5-3-7-23(13)17(29)12(9-24)22-15(27)10(20)8-14(25)26/h10-13,24H,1-9,19-20H2,(H,21,28)(H,22,27)(H,25,26)(H,30,31). The number of aliphatic carboxylic acids is 2. The second-order valence-corrected chi connectivity index (χ2v) is 7.32. The quantitative estimate of drug-likeness (QED) is 0.142. The Morgan fingerprint density at radius 1 is 1.06 bits per heavy atom. The maximum absolute atomic E-state index is 12.8. The first-order valence-corrected chi connectivity index (χ1v) is 10.0. The molecule has 0 spiro atoms. The summed E-state index contributed by atoms with van der Waals surface area (Å²) in [4.78, 5) is 60.7. The number of unbranched alkanes of at least 4 members (excludes halogenated alkanes) is 1. The zero-order valence-corrected chi connectivity index (χ0v) is 17.2. The molecule has 0 aromatic heterocycles. The molecule has 4 unspecified atom stereocenters. The zero-order chi connectivity index (χ0) is 23.6. The third-order valence-electron chi connectivity index (χ3n) is 4.93. The fourth-order valence-corrected chi connectivity index (χ4v) is 3.27. The number of nitrogens with one attached hydrogen (secondary N) is 2. The van der Waals surface area contributed by atoms with Gasteiger partial charge in [-0.05, 0) is 38.6 Å². The molecular weight excluding hydrogens is 414 g/mol. The minimum atomic E-state index is -1.42. The zero-order valence-electron chi connectivity index (χ0n) is 17.2. The van der Waals surface area contributed by atoms with Crippen molar-refractivity contribution in [2.75, 3.05) is 19.7 Å². The predicted octanol–water partition coefficient (Wildman–Crippen LogP) is -3.05. The number of likely N-dealkylation sites (tertiary alicyclic amines) is 1. The van der Waals surface area contributed by atoms with Gasteiger partial charge in [0.05, 0.1) is 19.1 Å². The molecule has 9 N–H and O–H groups in total. The number of carbonyl (C=O) groups excluding carboxylic acids is 3. The molecule has 1 fully saturated rings. The second kappa shape index (κ2) is 12.8. The van der Waals surface area contributed by atoms with Crippen LogP contribution in [0.15, 0.2) is 0 Å². The largest absolute Gasteiger partial charge is 0.481 e. The number of carbonyl (C=O) groups is 5. The molecule has 1 aliphatic rings. The molecule has 0 radical (unpaired) electrons. The van der Waals surface area contributed by atoms with Gasteiger partial charge in [-0.25, -0.2) is 4.79 Å². The molecule has 0 bridgehead atoms. The normalized spacial score (nSPS) is 18.7. The van der Waals surface area contributed by atoms with Crippen LogP contribution in [0, 0.1) is 0 Å². The maximum atomic E-state index is 12.8. The Bertz CT molecular complexity index is 673.